The smallest absolute Gasteiger partial charge is 0.262 e. The van der Waals surface area contributed by atoms with Gasteiger partial charge >= 0.3 is 0 Å². The molecule has 0 saturated carbocycles. The second-order valence-electron chi connectivity index (χ2n) is 4.25. The second kappa shape index (κ2) is 6.37. The minimum Gasteiger partial charge on any atom is -0.496 e. The molecule has 1 rings (SSSR count). The summed E-state index contributed by atoms with van der Waals surface area (Å²) in [7, 11) is 3.11. The Bertz CT molecular complexity index is 430. The van der Waals surface area contributed by atoms with Crippen LogP contribution in [0.4, 0.5) is 0 Å². The number of ether oxygens (including phenoxy) is 2. The van der Waals surface area contributed by atoms with Crippen molar-refractivity contribution in [1.82, 2.24) is 5.01 Å². The van der Waals surface area contributed by atoms with Gasteiger partial charge in [-0.05, 0) is 37.1 Å². The Hall–Kier alpha value is -1.59. The van der Waals surface area contributed by atoms with E-state index in [-0.39, 0.29) is 12.5 Å². The van der Waals surface area contributed by atoms with Crippen LogP contribution in [0.15, 0.2) is 12.1 Å². The second-order valence-corrected chi connectivity index (χ2v) is 4.25. The van der Waals surface area contributed by atoms with Crippen molar-refractivity contribution in [2.24, 2.45) is 5.84 Å². The van der Waals surface area contributed by atoms with Crippen LogP contribution >= 0.6 is 0 Å². The van der Waals surface area contributed by atoms with Gasteiger partial charge in [0.15, 0.2) is 0 Å². The number of nitrogens with two attached hydrogens (primary N) is 1. The zero-order chi connectivity index (χ0) is 13.7. The number of aryl methyl sites for hydroxylation is 2. The van der Waals surface area contributed by atoms with Crippen LogP contribution in [0.2, 0.25) is 0 Å². The third kappa shape index (κ3) is 3.72. The Morgan fingerprint density at radius 1 is 1.33 bits per heavy atom. The van der Waals surface area contributed by atoms with Gasteiger partial charge in [0, 0.05) is 12.6 Å². The van der Waals surface area contributed by atoms with E-state index >= 15 is 0 Å². The molecule has 0 heterocycles. The van der Waals surface area contributed by atoms with Crippen molar-refractivity contribution in [3.8, 4) is 5.75 Å². The molecule has 1 aromatic carbocycles. The fraction of sp³-hybridized carbons (Fsp3) is 0.462. The summed E-state index contributed by atoms with van der Waals surface area (Å²) in [6, 6.07) is 3.97. The fourth-order valence-electron chi connectivity index (χ4n) is 1.50. The number of rotatable bonds is 5. The number of benzene rings is 1. The third-order valence-corrected chi connectivity index (χ3v) is 2.77. The van der Waals surface area contributed by atoms with Crippen molar-refractivity contribution in [3.05, 3.63) is 28.8 Å². The number of hydrogen-bond acceptors (Lipinski definition) is 4. The van der Waals surface area contributed by atoms with E-state index in [9.17, 15) is 4.79 Å². The van der Waals surface area contributed by atoms with E-state index in [0.29, 0.717) is 6.61 Å². The summed E-state index contributed by atoms with van der Waals surface area (Å²) in [5, 5.41) is 1.01. The SMILES string of the molecule is COc1cc(C)c(C)cc1COCC(=O)N(C)N. The van der Waals surface area contributed by atoms with Crippen LogP contribution in [0.3, 0.4) is 0 Å². The van der Waals surface area contributed by atoms with Crippen LogP contribution in [0, 0.1) is 13.8 Å². The van der Waals surface area contributed by atoms with E-state index in [1.807, 2.05) is 26.0 Å². The number of carbonyl (C=O) groups excluding carboxylic acids is 1. The Labute approximate surface area is 107 Å². The molecule has 100 valence electrons. The highest BCUT2D eigenvalue weighted by atomic mass is 16.5. The van der Waals surface area contributed by atoms with E-state index in [1.165, 1.54) is 7.05 Å². The molecule has 5 nitrogen and oxygen atoms in total. The number of hydrazine groups is 1. The van der Waals surface area contributed by atoms with Crippen molar-refractivity contribution in [3.63, 3.8) is 0 Å². The first-order chi connectivity index (χ1) is 8.45. The van der Waals surface area contributed by atoms with Crippen LogP contribution in [0.25, 0.3) is 0 Å². The molecule has 0 spiro atoms. The molecule has 0 aliphatic heterocycles. The van der Waals surface area contributed by atoms with Gasteiger partial charge in [0.25, 0.3) is 5.91 Å². The highest BCUT2D eigenvalue weighted by molar-refractivity contribution is 5.76. The molecule has 0 aromatic heterocycles. The predicted octanol–water partition coefficient (Wildman–Crippen LogP) is 1.16. The fourth-order valence-corrected chi connectivity index (χ4v) is 1.50. The average molecular weight is 252 g/mol. The number of amides is 1. The standard InChI is InChI=1S/C13H20N2O3/c1-9-5-11(12(17-4)6-10(9)2)7-18-8-13(16)15(3)14/h5-6H,7-8,14H2,1-4H3. The Morgan fingerprint density at radius 2 is 1.94 bits per heavy atom. The summed E-state index contributed by atoms with van der Waals surface area (Å²) in [5.74, 6) is 5.80. The van der Waals surface area contributed by atoms with Crippen molar-refractivity contribution in [2.45, 2.75) is 20.5 Å². The summed E-state index contributed by atoms with van der Waals surface area (Å²) in [6.45, 7) is 4.33. The summed E-state index contributed by atoms with van der Waals surface area (Å²) >= 11 is 0. The zero-order valence-electron chi connectivity index (χ0n) is 11.3. The number of nitrogens with zero attached hydrogens (tertiary/aromatic N) is 1. The van der Waals surface area contributed by atoms with Crippen LogP contribution in [0.1, 0.15) is 16.7 Å². The number of carbonyl (C=O) groups is 1. The Balaban J connectivity index is 2.67. The average Bonchev–Trinajstić information content (AvgIpc) is 2.32. The van der Waals surface area contributed by atoms with E-state index in [1.54, 1.807) is 7.11 Å². The maximum absolute atomic E-state index is 11.3. The molecule has 2 N–H and O–H groups in total. The molecule has 0 radical (unpaired) electrons. The molecule has 0 bridgehead atoms. The van der Waals surface area contributed by atoms with E-state index in [4.69, 9.17) is 15.3 Å². The molecule has 0 aliphatic carbocycles. The summed E-state index contributed by atoms with van der Waals surface area (Å²) < 4.78 is 10.6. The monoisotopic (exact) mass is 252 g/mol. The van der Waals surface area contributed by atoms with Gasteiger partial charge in [-0.25, -0.2) is 5.84 Å². The van der Waals surface area contributed by atoms with E-state index < -0.39 is 0 Å². The van der Waals surface area contributed by atoms with Crippen molar-refractivity contribution >= 4 is 5.91 Å². The molecule has 1 amide bonds. The van der Waals surface area contributed by atoms with Crippen molar-refractivity contribution in [2.75, 3.05) is 20.8 Å². The summed E-state index contributed by atoms with van der Waals surface area (Å²) in [5.41, 5.74) is 3.25. The largest absolute Gasteiger partial charge is 0.496 e. The van der Waals surface area contributed by atoms with Gasteiger partial charge < -0.3 is 9.47 Å². The van der Waals surface area contributed by atoms with Gasteiger partial charge in [0.1, 0.15) is 12.4 Å². The molecule has 0 aliphatic rings. The molecule has 5 heteroatoms. The maximum atomic E-state index is 11.3. The number of methoxy groups -OCH3 is 1. The molecule has 0 saturated heterocycles. The molecule has 0 fully saturated rings. The lowest BCUT2D eigenvalue weighted by Crippen LogP contribution is -2.35. The first-order valence-electron chi connectivity index (χ1n) is 5.68. The van der Waals surface area contributed by atoms with Gasteiger partial charge in [-0.2, -0.15) is 0 Å². The molecule has 0 unspecified atom stereocenters. The molecular formula is C13H20N2O3. The number of hydrogen-bond donors (Lipinski definition) is 1. The van der Waals surface area contributed by atoms with Gasteiger partial charge in [-0.15, -0.1) is 0 Å². The van der Waals surface area contributed by atoms with Gasteiger partial charge in [0.05, 0.1) is 13.7 Å². The Morgan fingerprint density at radius 3 is 2.50 bits per heavy atom. The lowest BCUT2D eigenvalue weighted by molar-refractivity contribution is -0.135. The highest BCUT2D eigenvalue weighted by Gasteiger charge is 2.08. The van der Waals surface area contributed by atoms with Gasteiger partial charge in [0.2, 0.25) is 0 Å². The molecule has 0 atom stereocenters. The first-order valence-corrected chi connectivity index (χ1v) is 5.68. The van der Waals surface area contributed by atoms with E-state index in [2.05, 4.69) is 0 Å². The quantitative estimate of drug-likeness (QED) is 0.485. The van der Waals surface area contributed by atoms with Crippen LogP contribution in [-0.4, -0.2) is 31.7 Å². The lowest BCUT2D eigenvalue weighted by atomic mass is 10.1. The minimum atomic E-state index is -0.266. The van der Waals surface area contributed by atoms with Crippen LogP contribution in [0.5, 0.6) is 5.75 Å². The summed E-state index contributed by atoms with van der Waals surface area (Å²) in [6.07, 6.45) is 0. The van der Waals surface area contributed by atoms with E-state index in [0.717, 1.165) is 27.4 Å². The highest BCUT2D eigenvalue weighted by Crippen LogP contribution is 2.23. The zero-order valence-corrected chi connectivity index (χ0v) is 11.3. The third-order valence-electron chi connectivity index (χ3n) is 2.77. The maximum Gasteiger partial charge on any atom is 0.262 e. The van der Waals surface area contributed by atoms with Gasteiger partial charge in [-0.1, -0.05) is 0 Å². The van der Waals surface area contributed by atoms with Crippen molar-refractivity contribution in [1.29, 1.82) is 0 Å². The first kappa shape index (κ1) is 14.5. The van der Waals surface area contributed by atoms with Gasteiger partial charge in [-0.3, -0.25) is 9.80 Å². The molecule has 18 heavy (non-hydrogen) atoms. The molecular weight excluding hydrogens is 232 g/mol. The number of likely N-dealkylation sites (N-methyl/N-ethyl adjacent to an activating group) is 1. The van der Waals surface area contributed by atoms with Crippen molar-refractivity contribution < 1.29 is 14.3 Å². The normalized spacial score (nSPS) is 10.3. The Kier molecular flexibility index (Phi) is 5.12. The van der Waals surface area contributed by atoms with Crippen LogP contribution in [-0.2, 0) is 16.1 Å². The predicted molar refractivity (Wildman–Crippen MR) is 69.1 cm³/mol. The lowest BCUT2D eigenvalue weighted by Gasteiger charge is -2.13. The molecule has 1 aromatic rings. The summed E-state index contributed by atoms with van der Waals surface area (Å²) in [4.78, 5) is 11.3. The minimum absolute atomic E-state index is 0.0386. The topological polar surface area (TPSA) is 64.8 Å². The van der Waals surface area contributed by atoms with Crippen LogP contribution < -0.4 is 10.6 Å².